The van der Waals surface area contributed by atoms with E-state index in [1.54, 1.807) is 22.9 Å². The lowest BCUT2D eigenvalue weighted by Gasteiger charge is -2.13. The predicted octanol–water partition coefficient (Wildman–Crippen LogP) is 3.78. The highest BCUT2D eigenvalue weighted by Gasteiger charge is 2.13. The third-order valence-corrected chi connectivity index (χ3v) is 5.41. The number of benzene rings is 2. The van der Waals surface area contributed by atoms with Crippen molar-refractivity contribution >= 4 is 28.5 Å². The van der Waals surface area contributed by atoms with Crippen LogP contribution in [-0.2, 0) is 24.2 Å². The molecule has 0 aliphatic carbocycles. The number of carbonyl (C=O) groups excluding carboxylic acids is 1. The molecule has 4 rings (SSSR count). The summed E-state index contributed by atoms with van der Waals surface area (Å²) < 4.78 is 1.70. The molecule has 0 radical (unpaired) electrons. The van der Waals surface area contributed by atoms with Crippen LogP contribution in [0.4, 0.5) is 0 Å². The van der Waals surface area contributed by atoms with Crippen molar-refractivity contribution in [3.05, 3.63) is 105 Å². The van der Waals surface area contributed by atoms with E-state index in [2.05, 4.69) is 15.3 Å². The van der Waals surface area contributed by atoms with Crippen molar-refractivity contribution in [2.75, 3.05) is 6.54 Å². The number of nitrogens with zero attached hydrogens (tertiary/aromatic N) is 3. The first-order chi connectivity index (χ1) is 15.6. The summed E-state index contributed by atoms with van der Waals surface area (Å²) in [4.78, 5) is 34.3. The molecule has 0 aliphatic heterocycles. The molecule has 162 valence electrons. The molecule has 6 nitrogen and oxygen atoms in total. The van der Waals surface area contributed by atoms with E-state index in [4.69, 9.17) is 11.6 Å². The summed E-state index contributed by atoms with van der Waals surface area (Å²) >= 11 is 6.16. The maximum Gasteiger partial charge on any atom is 0.273 e. The minimum absolute atomic E-state index is 0.122. The topological polar surface area (TPSA) is 76.9 Å². The van der Waals surface area contributed by atoms with Gasteiger partial charge in [-0.1, -0.05) is 48.0 Å². The number of aromatic nitrogens is 3. The normalized spacial score (nSPS) is 10.9. The maximum absolute atomic E-state index is 13.2. The van der Waals surface area contributed by atoms with Crippen LogP contribution in [0.5, 0.6) is 0 Å². The molecule has 0 spiro atoms. The monoisotopic (exact) mass is 446 g/mol. The number of amides is 1. The van der Waals surface area contributed by atoms with E-state index in [0.717, 1.165) is 11.3 Å². The second-order valence-electron chi connectivity index (χ2n) is 7.49. The molecule has 32 heavy (non-hydrogen) atoms. The van der Waals surface area contributed by atoms with Crippen molar-refractivity contribution in [3.8, 4) is 0 Å². The van der Waals surface area contributed by atoms with Crippen molar-refractivity contribution in [1.82, 2.24) is 19.9 Å². The van der Waals surface area contributed by atoms with Crippen molar-refractivity contribution in [2.45, 2.75) is 25.8 Å². The van der Waals surface area contributed by atoms with Gasteiger partial charge in [-0.3, -0.25) is 14.6 Å². The molecule has 1 N–H and O–H groups in total. The van der Waals surface area contributed by atoms with E-state index >= 15 is 0 Å². The van der Waals surface area contributed by atoms with Gasteiger partial charge in [0.05, 0.1) is 17.6 Å². The quantitative estimate of drug-likeness (QED) is 0.446. The van der Waals surface area contributed by atoms with Gasteiger partial charge in [0.15, 0.2) is 0 Å². The Morgan fingerprint density at radius 1 is 1.00 bits per heavy atom. The van der Waals surface area contributed by atoms with Gasteiger partial charge in [-0.25, -0.2) is 4.98 Å². The smallest absolute Gasteiger partial charge is 0.273 e. The van der Waals surface area contributed by atoms with E-state index in [9.17, 15) is 9.59 Å². The van der Waals surface area contributed by atoms with E-state index in [0.29, 0.717) is 41.3 Å². The Bertz CT molecular complexity index is 1270. The number of hydrogen-bond donors (Lipinski definition) is 1. The first kappa shape index (κ1) is 21.7. The third kappa shape index (κ3) is 5.39. The van der Waals surface area contributed by atoms with Crippen molar-refractivity contribution in [2.24, 2.45) is 0 Å². The highest BCUT2D eigenvalue weighted by Crippen LogP contribution is 2.18. The van der Waals surface area contributed by atoms with Gasteiger partial charge >= 0.3 is 0 Å². The number of aryl methyl sites for hydroxylation is 1. The highest BCUT2D eigenvalue weighted by molar-refractivity contribution is 6.31. The van der Waals surface area contributed by atoms with Crippen LogP contribution in [0, 0.1) is 0 Å². The fraction of sp³-hybridized carbons (Fsp3) is 0.200. The van der Waals surface area contributed by atoms with Crippen LogP contribution in [0.25, 0.3) is 11.0 Å². The summed E-state index contributed by atoms with van der Waals surface area (Å²) in [5, 5.41) is 3.43. The van der Waals surface area contributed by atoms with Crippen LogP contribution in [-0.4, -0.2) is 27.0 Å². The second kappa shape index (κ2) is 10.2. The van der Waals surface area contributed by atoms with Crippen LogP contribution in [0.15, 0.2) is 77.7 Å². The van der Waals surface area contributed by atoms with Gasteiger partial charge in [0.2, 0.25) is 5.91 Å². The van der Waals surface area contributed by atoms with Crippen molar-refractivity contribution in [3.63, 3.8) is 0 Å². The molecule has 2 aromatic heterocycles. The lowest BCUT2D eigenvalue weighted by molar-refractivity contribution is -0.121. The molecule has 0 unspecified atom stereocenters. The summed E-state index contributed by atoms with van der Waals surface area (Å²) in [6, 6.07) is 20.8. The number of halogens is 1. The van der Waals surface area contributed by atoms with Gasteiger partial charge in [-0.15, -0.1) is 0 Å². The lowest BCUT2D eigenvalue weighted by Crippen LogP contribution is -2.29. The van der Waals surface area contributed by atoms with Crippen LogP contribution < -0.4 is 10.9 Å². The molecule has 2 heterocycles. The number of pyridine rings is 1. The van der Waals surface area contributed by atoms with Crippen molar-refractivity contribution in [1.29, 1.82) is 0 Å². The standard InChI is InChI=1S/C25H23ClN4O2/c26-19-9-11-23-22(16-19)29-21(25(32)30(23)17-18-6-2-1-3-7-18)10-12-24(31)28-15-13-20-8-4-5-14-27-20/h1-9,11,14,16H,10,12-13,15,17H2,(H,28,31). The number of nitrogens with one attached hydrogen (secondary N) is 1. The minimum Gasteiger partial charge on any atom is -0.356 e. The average molecular weight is 447 g/mol. The van der Waals surface area contributed by atoms with E-state index in [1.807, 2.05) is 54.6 Å². The van der Waals surface area contributed by atoms with Crippen LogP contribution in [0.2, 0.25) is 5.02 Å². The Morgan fingerprint density at radius 3 is 2.59 bits per heavy atom. The molecular weight excluding hydrogens is 424 g/mol. The van der Waals surface area contributed by atoms with E-state index < -0.39 is 0 Å². The number of hydrogen-bond acceptors (Lipinski definition) is 4. The lowest BCUT2D eigenvalue weighted by atomic mass is 10.1. The summed E-state index contributed by atoms with van der Waals surface area (Å²) in [5.74, 6) is -0.122. The molecule has 1 amide bonds. The fourth-order valence-electron chi connectivity index (χ4n) is 3.55. The second-order valence-corrected chi connectivity index (χ2v) is 7.93. The summed E-state index contributed by atoms with van der Waals surface area (Å²) in [7, 11) is 0. The summed E-state index contributed by atoms with van der Waals surface area (Å²) in [5.41, 5.74) is 3.45. The highest BCUT2D eigenvalue weighted by atomic mass is 35.5. The molecule has 0 atom stereocenters. The van der Waals surface area contributed by atoms with E-state index in [-0.39, 0.29) is 24.3 Å². The molecule has 0 bridgehead atoms. The van der Waals surface area contributed by atoms with Crippen LogP contribution in [0.3, 0.4) is 0 Å². The Labute approximate surface area is 190 Å². The zero-order valence-electron chi connectivity index (χ0n) is 17.5. The molecule has 4 aromatic rings. The van der Waals surface area contributed by atoms with Crippen molar-refractivity contribution < 1.29 is 4.79 Å². The SMILES string of the molecule is O=C(CCc1nc2cc(Cl)ccc2n(Cc2ccccc2)c1=O)NCCc1ccccn1. The third-order valence-electron chi connectivity index (χ3n) is 5.18. The number of fused-ring (bicyclic) bond motifs is 1. The zero-order chi connectivity index (χ0) is 22.3. The molecule has 0 saturated heterocycles. The van der Waals surface area contributed by atoms with E-state index in [1.165, 1.54) is 0 Å². The van der Waals surface area contributed by atoms with Crippen LogP contribution in [0.1, 0.15) is 23.4 Å². The Balaban J connectivity index is 1.50. The van der Waals surface area contributed by atoms with Crippen LogP contribution >= 0.6 is 11.6 Å². The molecule has 0 aliphatic rings. The van der Waals surface area contributed by atoms with Gasteiger partial charge < -0.3 is 9.88 Å². The number of rotatable bonds is 8. The zero-order valence-corrected chi connectivity index (χ0v) is 18.3. The largest absolute Gasteiger partial charge is 0.356 e. The van der Waals surface area contributed by atoms with Gasteiger partial charge in [-0.2, -0.15) is 0 Å². The van der Waals surface area contributed by atoms with Gasteiger partial charge in [-0.05, 0) is 35.9 Å². The first-order valence-corrected chi connectivity index (χ1v) is 10.9. The molecule has 0 saturated carbocycles. The molecular formula is C25H23ClN4O2. The van der Waals surface area contributed by atoms with Gasteiger partial charge in [0, 0.05) is 42.7 Å². The Kier molecular flexibility index (Phi) is 6.92. The van der Waals surface area contributed by atoms with Gasteiger partial charge in [0.25, 0.3) is 5.56 Å². The maximum atomic E-state index is 13.2. The predicted molar refractivity (Wildman–Crippen MR) is 126 cm³/mol. The van der Waals surface area contributed by atoms with Gasteiger partial charge in [0.1, 0.15) is 5.69 Å². The number of carbonyl (C=O) groups is 1. The minimum atomic E-state index is -0.190. The first-order valence-electron chi connectivity index (χ1n) is 10.5. The Morgan fingerprint density at radius 2 is 1.81 bits per heavy atom. The molecule has 7 heteroatoms. The summed E-state index contributed by atoms with van der Waals surface area (Å²) in [6.07, 6.45) is 2.83. The average Bonchev–Trinajstić information content (AvgIpc) is 2.81. The Hall–Kier alpha value is -3.51. The fourth-order valence-corrected chi connectivity index (χ4v) is 3.72. The summed E-state index contributed by atoms with van der Waals surface area (Å²) in [6.45, 7) is 0.915. The molecule has 2 aromatic carbocycles. The molecule has 0 fully saturated rings.